The first kappa shape index (κ1) is 11.6. The van der Waals surface area contributed by atoms with Crippen LogP contribution in [0.5, 0.6) is 5.75 Å². The van der Waals surface area contributed by atoms with Crippen molar-refractivity contribution >= 4 is 5.97 Å². The van der Waals surface area contributed by atoms with Gasteiger partial charge in [0.1, 0.15) is 5.75 Å². The van der Waals surface area contributed by atoms with Crippen molar-refractivity contribution in [3.63, 3.8) is 0 Å². The van der Waals surface area contributed by atoms with Crippen molar-refractivity contribution in [1.82, 2.24) is 0 Å². The topological polar surface area (TPSA) is 46.5 Å². The van der Waals surface area contributed by atoms with Crippen LogP contribution >= 0.6 is 0 Å². The summed E-state index contributed by atoms with van der Waals surface area (Å²) in [5.41, 5.74) is 1.87. The van der Waals surface area contributed by atoms with Gasteiger partial charge in [0.05, 0.1) is 6.61 Å². The smallest absolute Gasteiger partial charge is 0.306 e. The van der Waals surface area contributed by atoms with Crippen LogP contribution in [0.2, 0.25) is 0 Å². The highest BCUT2D eigenvalue weighted by molar-refractivity contribution is 5.69. The molecule has 1 rings (SSSR count). The van der Waals surface area contributed by atoms with E-state index in [0.717, 1.165) is 11.1 Å². The second-order valence-corrected chi connectivity index (χ2v) is 3.44. The molecule has 0 aliphatic heterocycles. The fourth-order valence-electron chi connectivity index (χ4n) is 1.38. The lowest BCUT2D eigenvalue weighted by Gasteiger charge is -2.05. The molecule has 0 spiro atoms. The Kier molecular flexibility index (Phi) is 4.16. The molecule has 82 valence electrons. The molecular weight excluding hydrogens is 192 g/mol. The molecule has 1 aromatic carbocycles. The summed E-state index contributed by atoms with van der Waals surface area (Å²) < 4.78 is 4.81. The number of hydrogen-bond donors (Lipinski definition) is 1. The Hall–Kier alpha value is -1.51. The Bertz CT molecular complexity index is 345. The van der Waals surface area contributed by atoms with E-state index in [0.29, 0.717) is 19.4 Å². The zero-order chi connectivity index (χ0) is 11.3. The van der Waals surface area contributed by atoms with Crippen LogP contribution in [0, 0.1) is 6.92 Å². The third-order valence-electron chi connectivity index (χ3n) is 2.14. The first-order chi connectivity index (χ1) is 7.13. The molecule has 3 nitrogen and oxygen atoms in total. The quantitative estimate of drug-likeness (QED) is 0.771. The van der Waals surface area contributed by atoms with Crippen LogP contribution in [0.3, 0.4) is 0 Å². The lowest BCUT2D eigenvalue weighted by Crippen LogP contribution is -2.05. The van der Waals surface area contributed by atoms with Crippen molar-refractivity contribution in [2.75, 3.05) is 6.61 Å². The molecule has 0 bridgehead atoms. The lowest BCUT2D eigenvalue weighted by molar-refractivity contribution is -0.143. The van der Waals surface area contributed by atoms with Crippen LogP contribution in [-0.4, -0.2) is 17.7 Å². The van der Waals surface area contributed by atoms with E-state index in [2.05, 4.69) is 0 Å². The zero-order valence-electron chi connectivity index (χ0n) is 9.12. The van der Waals surface area contributed by atoms with Crippen LogP contribution in [0.15, 0.2) is 18.2 Å². The summed E-state index contributed by atoms with van der Waals surface area (Å²) in [6.07, 6.45) is 0.831. The molecule has 0 aromatic heterocycles. The van der Waals surface area contributed by atoms with Gasteiger partial charge in [-0.1, -0.05) is 17.7 Å². The van der Waals surface area contributed by atoms with Gasteiger partial charge in [0.25, 0.3) is 0 Å². The van der Waals surface area contributed by atoms with E-state index >= 15 is 0 Å². The molecule has 0 unspecified atom stereocenters. The molecule has 0 aliphatic carbocycles. The third-order valence-corrected chi connectivity index (χ3v) is 2.14. The van der Waals surface area contributed by atoms with Crippen LogP contribution < -0.4 is 0 Å². The maximum absolute atomic E-state index is 11.1. The number of aryl methyl sites for hydroxylation is 2. The highest BCUT2D eigenvalue weighted by Gasteiger charge is 2.06. The number of phenolic OH excluding ortho intramolecular Hbond substituents is 1. The monoisotopic (exact) mass is 208 g/mol. The van der Waals surface area contributed by atoms with Crippen molar-refractivity contribution in [1.29, 1.82) is 0 Å². The Labute approximate surface area is 89.7 Å². The summed E-state index contributed by atoms with van der Waals surface area (Å²) in [7, 11) is 0. The highest BCUT2D eigenvalue weighted by Crippen LogP contribution is 2.19. The molecule has 3 heteroatoms. The molecule has 0 saturated carbocycles. The second-order valence-electron chi connectivity index (χ2n) is 3.44. The molecule has 1 aromatic rings. The number of ether oxygens (including phenoxy) is 1. The number of rotatable bonds is 4. The molecule has 0 atom stereocenters. The fourth-order valence-corrected chi connectivity index (χ4v) is 1.38. The van der Waals surface area contributed by atoms with Gasteiger partial charge in [0.2, 0.25) is 0 Å². The zero-order valence-corrected chi connectivity index (χ0v) is 9.12. The molecule has 0 amide bonds. The molecule has 15 heavy (non-hydrogen) atoms. The van der Waals surface area contributed by atoms with E-state index in [1.807, 2.05) is 19.1 Å². The van der Waals surface area contributed by atoms with Gasteiger partial charge in [-0.15, -0.1) is 0 Å². The van der Waals surface area contributed by atoms with Crippen molar-refractivity contribution in [2.45, 2.75) is 26.7 Å². The van der Waals surface area contributed by atoms with Gasteiger partial charge in [-0.3, -0.25) is 4.79 Å². The minimum Gasteiger partial charge on any atom is -0.508 e. The van der Waals surface area contributed by atoms with Crippen molar-refractivity contribution < 1.29 is 14.6 Å². The molecule has 0 aliphatic rings. The average Bonchev–Trinajstić information content (AvgIpc) is 2.20. The molecular formula is C12H16O3. The van der Waals surface area contributed by atoms with E-state index in [1.165, 1.54) is 0 Å². The number of hydrogen-bond acceptors (Lipinski definition) is 3. The fraction of sp³-hybridized carbons (Fsp3) is 0.417. The van der Waals surface area contributed by atoms with Crippen LogP contribution in [0.4, 0.5) is 0 Å². The molecule has 0 fully saturated rings. The Morgan fingerprint density at radius 2 is 2.20 bits per heavy atom. The number of aromatic hydroxyl groups is 1. The first-order valence-electron chi connectivity index (χ1n) is 5.07. The first-order valence-corrected chi connectivity index (χ1v) is 5.07. The predicted molar refractivity (Wildman–Crippen MR) is 57.8 cm³/mol. The van der Waals surface area contributed by atoms with Gasteiger partial charge < -0.3 is 9.84 Å². The Morgan fingerprint density at radius 3 is 2.87 bits per heavy atom. The van der Waals surface area contributed by atoms with E-state index in [-0.39, 0.29) is 11.7 Å². The second kappa shape index (κ2) is 5.39. The van der Waals surface area contributed by atoms with E-state index in [1.54, 1.807) is 13.0 Å². The van der Waals surface area contributed by atoms with E-state index in [4.69, 9.17) is 4.74 Å². The van der Waals surface area contributed by atoms with Gasteiger partial charge >= 0.3 is 5.97 Å². The number of esters is 1. The maximum Gasteiger partial charge on any atom is 0.306 e. The normalized spacial score (nSPS) is 10.0. The molecule has 1 N–H and O–H groups in total. The molecule has 0 radical (unpaired) electrons. The van der Waals surface area contributed by atoms with E-state index < -0.39 is 0 Å². The maximum atomic E-state index is 11.1. The minimum atomic E-state index is -0.224. The molecule has 0 heterocycles. The van der Waals surface area contributed by atoms with Gasteiger partial charge in [-0.2, -0.15) is 0 Å². The predicted octanol–water partition coefficient (Wildman–Crippen LogP) is 2.20. The average molecular weight is 208 g/mol. The largest absolute Gasteiger partial charge is 0.508 e. The summed E-state index contributed by atoms with van der Waals surface area (Å²) in [5.74, 6) is 0.0169. The van der Waals surface area contributed by atoms with Gasteiger partial charge in [0.15, 0.2) is 0 Å². The van der Waals surface area contributed by atoms with Crippen molar-refractivity contribution in [3.8, 4) is 5.75 Å². The van der Waals surface area contributed by atoms with Crippen LogP contribution in [0.25, 0.3) is 0 Å². The summed E-state index contributed by atoms with van der Waals surface area (Å²) in [6, 6.07) is 5.37. The number of phenols is 1. The molecule has 0 saturated heterocycles. The lowest BCUT2D eigenvalue weighted by atomic mass is 10.1. The highest BCUT2D eigenvalue weighted by atomic mass is 16.5. The summed E-state index contributed by atoms with van der Waals surface area (Å²) in [6.45, 7) is 4.13. The van der Waals surface area contributed by atoms with Crippen LogP contribution in [-0.2, 0) is 16.0 Å². The van der Waals surface area contributed by atoms with Gasteiger partial charge in [-0.05, 0) is 31.9 Å². The minimum absolute atomic E-state index is 0.224. The third kappa shape index (κ3) is 3.62. The number of carbonyl (C=O) groups is 1. The Morgan fingerprint density at radius 1 is 1.47 bits per heavy atom. The summed E-state index contributed by atoms with van der Waals surface area (Å²) >= 11 is 0. The summed E-state index contributed by atoms with van der Waals surface area (Å²) in [4.78, 5) is 11.1. The summed E-state index contributed by atoms with van der Waals surface area (Å²) in [5, 5.41) is 9.53. The number of benzene rings is 1. The van der Waals surface area contributed by atoms with E-state index in [9.17, 15) is 9.90 Å². The standard InChI is InChI=1S/C12H16O3/c1-3-15-12(14)7-5-10-8-9(2)4-6-11(10)13/h4,6,8,13H,3,5,7H2,1-2H3. The Balaban J connectivity index is 2.57. The SMILES string of the molecule is CCOC(=O)CCc1cc(C)ccc1O. The van der Waals surface area contributed by atoms with Gasteiger partial charge in [0, 0.05) is 6.42 Å². The van der Waals surface area contributed by atoms with Crippen LogP contribution in [0.1, 0.15) is 24.5 Å². The van der Waals surface area contributed by atoms with Gasteiger partial charge in [-0.25, -0.2) is 0 Å². The van der Waals surface area contributed by atoms with Crippen molar-refractivity contribution in [3.05, 3.63) is 29.3 Å². The van der Waals surface area contributed by atoms with Crippen molar-refractivity contribution in [2.24, 2.45) is 0 Å². The number of carbonyl (C=O) groups excluding carboxylic acids is 1.